The second kappa shape index (κ2) is 12.9. The van der Waals surface area contributed by atoms with E-state index in [9.17, 15) is 19.6 Å². The number of terminal acetylenes is 1. The van der Waals surface area contributed by atoms with Crippen LogP contribution in [0, 0.1) is 41.2 Å². The van der Waals surface area contributed by atoms with Gasteiger partial charge in [0.2, 0.25) is 5.91 Å². The number of amides is 1. The molecule has 2 N–H and O–H groups in total. The summed E-state index contributed by atoms with van der Waals surface area (Å²) in [5.74, 6) is 0.181. The number of hydrogen-bond donors (Lipinski definition) is 2. The van der Waals surface area contributed by atoms with Crippen molar-refractivity contribution in [2.45, 2.75) is 50.1 Å². The molecule has 0 unspecified atom stereocenters. The Kier molecular flexibility index (Phi) is 8.51. The summed E-state index contributed by atoms with van der Waals surface area (Å²) in [5.41, 5.74) is -0.365. The quantitative estimate of drug-likeness (QED) is 0.202. The minimum atomic E-state index is -0.826. The lowest BCUT2D eigenvalue weighted by molar-refractivity contribution is -0.117. The van der Waals surface area contributed by atoms with Gasteiger partial charge in [-0.25, -0.2) is 8.78 Å². The topological polar surface area (TPSA) is 128 Å². The maximum atomic E-state index is 17.0. The number of rotatable bonds is 7. The van der Waals surface area contributed by atoms with Crippen molar-refractivity contribution in [3.8, 4) is 41.4 Å². The molecule has 7 rings (SSSR count). The van der Waals surface area contributed by atoms with Gasteiger partial charge in [-0.15, -0.1) is 6.42 Å². The molecule has 5 heterocycles. The number of ether oxygens (including phenoxy) is 1. The lowest BCUT2D eigenvalue weighted by Gasteiger charge is -2.31. The molecule has 1 amide bonds. The van der Waals surface area contributed by atoms with Crippen LogP contribution in [-0.2, 0) is 4.79 Å². The average Bonchev–Trinajstić information content (AvgIpc) is 3.62. The molecule has 0 aliphatic carbocycles. The third kappa shape index (κ3) is 5.76. The lowest BCUT2D eigenvalue weighted by Crippen LogP contribution is -2.46. The van der Waals surface area contributed by atoms with E-state index in [4.69, 9.17) is 16.1 Å². The molecule has 49 heavy (non-hydrogen) atoms. The summed E-state index contributed by atoms with van der Waals surface area (Å²) in [4.78, 5) is 30.5. The Hall–Kier alpha value is -5.33. The number of nitriles is 1. The number of phenolic OH excluding ortho intramolecular Hbond substituents is 1. The van der Waals surface area contributed by atoms with E-state index in [1.807, 2.05) is 4.90 Å². The van der Waals surface area contributed by atoms with Crippen LogP contribution in [0.1, 0.15) is 44.1 Å². The van der Waals surface area contributed by atoms with Crippen molar-refractivity contribution in [1.82, 2.24) is 25.2 Å². The normalized spacial score (nSPS) is 20.4. The van der Waals surface area contributed by atoms with Gasteiger partial charge in [-0.3, -0.25) is 14.7 Å². The maximum Gasteiger partial charge on any atom is 0.319 e. The second-order valence-corrected chi connectivity index (χ2v) is 13.0. The third-order valence-electron chi connectivity index (χ3n) is 10.2. The first kappa shape index (κ1) is 32.2. The minimum absolute atomic E-state index is 0.0180. The maximum absolute atomic E-state index is 17.0. The van der Waals surface area contributed by atoms with Crippen molar-refractivity contribution in [2.75, 3.05) is 37.7 Å². The van der Waals surface area contributed by atoms with E-state index >= 15 is 4.39 Å². The summed E-state index contributed by atoms with van der Waals surface area (Å²) in [7, 11) is 0. The molecule has 2 aromatic heterocycles. The number of benzene rings is 2. The van der Waals surface area contributed by atoms with Crippen LogP contribution >= 0.6 is 0 Å². The van der Waals surface area contributed by atoms with Gasteiger partial charge >= 0.3 is 6.01 Å². The smallest absolute Gasteiger partial charge is 0.319 e. The predicted molar refractivity (Wildman–Crippen MR) is 181 cm³/mol. The Labute approximate surface area is 282 Å². The van der Waals surface area contributed by atoms with Crippen molar-refractivity contribution >= 4 is 33.4 Å². The van der Waals surface area contributed by atoms with Crippen molar-refractivity contribution in [1.29, 1.82) is 5.26 Å². The van der Waals surface area contributed by atoms with E-state index in [0.717, 1.165) is 44.8 Å². The van der Waals surface area contributed by atoms with Crippen LogP contribution in [0.25, 0.3) is 32.9 Å². The summed E-state index contributed by atoms with van der Waals surface area (Å²) < 4.78 is 38.2. The highest BCUT2D eigenvalue weighted by Gasteiger charge is 2.45. The number of pyridine rings is 1. The first-order chi connectivity index (χ1) is 23.7. The first-order valence-corrected chi connectivity index (χ1v) is 16.5. The van der Waals surface area contributed by atoms with Crippen LogP contribution in [0.15, 0.2) is 43.1 Å². The highest BCUT2D eigenvalue weighted by Crippen LogP contribution is 2.41. The number of carbonyl (C=O) groups is 1. The molecular formula is C37H35F2N7O3. The molecule has 3 aliphatic rings. The molecule has 0 bridgehead atoms. The van der Waals surface area contributed by atoms with Crippen molar-refractivity contribution in [3.63, 3.8) is 0 Å². The van der Waals surface area contributed by atoms with Crippen LogP contribution in [0.3, 0.4) is 0 Å². The number of anilines is 1. The third-order valence-corrected chi connectivity index (χ3v) is 10.2. The standard InChI is InChI=1S/C37H35F2N7O3/c1-3-25-28(38)10-9-22-16-24(47)17-26(31(22)25)33-32(39)34-27(19-41-33)35(45-13-5-8-23(18-40)29(20-45)42-30(48)4-2)44-36(43-34)49-21-37-11-6-14-46(37)15-7-12-37/h1,4,9-10,16-17,19,23,29,47H,2,5-8,11-15,20-21H2,(H,42,48)/t23-,29-/m1/s1. The molecule has 250 valence electrons. The van der Waals surface area contributed by atoms with Crippen molar-refractivity contribution in [3.05, 3.63) is 60.3 Å². The SMILES string of the molecule is C#Cc1c(F)ccc2cc(O)cc(-c3ncc4c(N5CCC[C@H](C#N)[C@H](NC(=O)C=C)C5)nc(OCC56CCCN5CCC6)nc4c3F)c12. The summed E-state index contributed by atoms with van der Waals surface area (Å²) in [6.07, 6.45) is 13.6. The van der Waals surface area contributed by atoms with Crippen molar-refractivity contribution < 1.29 is 23.4 Å². The molecule has 10 nitrogen and oxygen atoms in total. The number of nitrogens with zero attached hydrogens (tertiary/aromatic N) is 6. The molecule has 0 saturated carbocycles. The molecular weight excluding hydrogens is 628 g/mol. The summed E-state index contributed by atoms with van der Waals surface area (Å²) in [6.45, 7) is 6.56. The van der Waals surface area contributed by atoms with Crippen LogP contribution in [0.5, 0.6) is 11.8 Å². The Balaban J connectivity index is 1.38. The van der Waals surface area contributed by atoms with Gasteiger partial charge in [0.15, 0.2) is 5.82 Å². The summed E-state index contributed by atoms with van der Waals surface area (Å²) >= 11 is 0. The number of fused-ring (bicyclic) bond motifs is 3. The zero-order valence-corrected chi connectivity index (χ0v) is 26.9. The molecule has 2 aromatic carbocycles. The van der Waals surface area contributed by atoms with Crippen LogP contribution in [0.4, 0.5) is 14.6 Å². The molecule has 4 aromatic rings. The number of phenols is 1. The second-order valence-electron chi connectivity index (χ2n) is 13.0. The first-order valence-electron chi connectivity index (χ1n) is 16.5. The lowest BCUT2D eigenvalue weighted by atomic mass is 9.95. The van der Waals surface area contributed by atoms with E-state index in [0.29, 0.717) is 37.2 Å². The fourth-order valence-electron chi connectivity index (χ4n) is 7.82. The Morgan fingerprint density at radius 3 is 2.73 bits per heavy atom. The molecule has 2 atom stereocenters. The van der Waals surface area contributed by atoms with Gasteiger partial charge in [0.25, 0.3) is 0 Å². The highest BCUT2D eigenvalue weighted by atomic mass is 19.1. The van der Waals surface area contributed by atoms with Gasteiger partial charge < -0.3 is 20.1 Å². The zero-order valence-electron chi connectivity index (χ0n) is 26.9. The largest absolute Gasteiger partial charge is 0.508 e. The Morgan fingerprint density at radius 1 is 1.20 bits per heavy atom. The van der Waals surface area contributed by atoms with Crippen LogP contribution in [0.2, 0.25) is 0 Å². The molecule has 0 radical (unpaired) electrons. The fourth-order valence-corrected chi connectivity index (χ4v) is 7.82. The summed E-state index contributed by atoms with van der Waals surface area (Å²) in [5, 5.41) is 24.3. The van der Waals surface area contributed by atoms with E-state index in [1.165, 1.54) is 30.5 Å². The van der Waals surface area contributed by atoms with Gasteiger partial charge in [0.1, 0.15) is 35.2 Å². The van der Waals surface area contributed by atoms with E-state index in [2.05, 4.69) is 38.8 Å². The Bertz CT molecular complexity index is 2060. The minimum Gasteiger partial charge on any atom is -0.508 e. The van der Waals surface area contributed by atoms with E-state index in [-0.39, 0.29) is 57.0 Å². The van der Waals surface area contributed by atoms with Gasteiger partial charge in [0.05, 0.1) is 34.5 Å². The highest BCUT2D eigenvalue weighted by molar-refractivity contribution is 6.03. The van der Waals surface area contributed by atoms with E-state index < -0.39 is 29.5 Å². The number of aromatic hydroxyl groups is 1. The van der Waals surface area contributed by atoms with Crippen LogP contribution < -0.4 is 15.0 Å². The Morgan fingerprint density at radius 2 is 2.00 bits per heavy atom. The number of aromatic nitrogens is 3. The van der Waals surface area contributed by atoms with E-state index in [1.54, 1.807) is 0 Å². The number of nitrogens with one attached hydrogen (secondary N) is 1. The fraction of sp³-hybridized carbons (Fsp3) is 0.378. The molecule has 0 spiro atoms. The number of hydrogen-bond acceptors (Lipinski definition) is 9. The molecule has 12 heteroatoms. The van der Waals surface area contributed by atoms with Gasteiger partial charge in [-0.05, 0) is 81.3 Å². The van der Waals surface area contributed by atoms with Crippen LogP contribution in [-0.4, -0.2) is 75.2 Å². The molecule has 3 saturated heterocycles. The monoisotopic (exact) mass is 663 g/mol. The number of halogens is 2. The van der Waals surface area contributed by atoms with Crippen molar-refractivity contribution in [2.24, 2.45) is 5.92 Å². The zero-order chi connectivity index (χ0) is 34.3. The number of carbonyl (C=O) groups excluding carboxylic acids is 1. The predicted octanol–water partition coefficient (Wildman–Crippen LogP) is 5.23. The molecule has 3 aliphatic heterocycles. The molecule has 3 fully saturated rings. The average molecular weight is 664 g/mol. The van der Waals surface area contributed by atoms with Gasteiger partial charge in [-0.2, -0.15) is 15.2 Å². The summed E-state index contributed by atoms with van der Waals surface area (Å²) in [6, 6.07) is 7.13. The van der Waals surface area contributed by atoms with Gasteiger partial charge in [0, 0.05) is 30.2 Å². The van der Waals surface area contributed by atoms with Gasteiger partial charge in [-0.1, -0.05) is 18.6 Å².